The molecule has 0 aliphatic rings. The molecule has 0 fully saturated rings. The van der Waals surface area contributed by atoms with Crippen LogP contribution in [-0.2, 0) is 9.84 Å². The number of hydrogen-bond acceptors (Lipinski definition) is 3. The molecule has 112 valence electrons. The molecule has 0 aromatic heterocycles. The summed E-state index contributed by atoms with van der Waals surface area (Å²) in [7, 11) is -3.16. The molecule has 1 atom stereocenters. The molecule has 2 aromatic carbocycles. The second kappa shape index (κ2) is 6.08. The van der Waals surface area contributed by atoms with Crippen molar-refractivity contribution in [1.82, 2.24) is 0 Å². The highest BCUT2D eigenvalue weighted by molar-refractivity contribution is 7.90. The molecule has 2 aromatic rings. The van der Waals surface area contributed by atoms with Crippen molar-refractivity contribution in [1.29, 1.82) is 0 Å². The maximum Gasteiger partial charge on any atom is 0.175 e. The topological polar surface area (TPSA) is 46.2 Å². The van der Waals surface area contributed by atoms with Crippen LogP contribution in [0.2, 0.25) is 5.02 Å². The Labute approximate surface area is 130 Å². The number of sulfone groups is 1. The summed E-state index contributed by atoms with van der Waals surface area (Å²) in [6.07, 6.45) is 1.21. The third-order valence-electron chi connectivity index (χ3n) is 3.39. The van der Waals surface area contributed by atoms with E-state index < -0.39 is 9.84 Å². The lowest BCUT2D eigenvalue weighted by atomic mass is 10.1. The van der Waals surface area contributed by atoms with E-state index in [1.54, 1.807) is 12.1 Å². The van der Waals surface area contributed by atoms with Crippen LogP contribution in [-0.4, -0.2) is 14.7 Å². The molecule has 0 heterocycles. The second-order valence-electron chi connectivity index (χ2n) is 5.14. The van der Waals surface area contributed by atoms with Gasteiger partial charge in [0.25, 0.3) is 0 Å². The zero-order chi connectivity index (χ0) is 15.6. The van der Waals surface area contributed by atoms with Gasteiger partial charge in [-0.3, -0.25) is 0 Å². The zero-order valence-corrected chi connectivity index (χ0v) is 13.8. The van der Waals surface area contributed by atoms with Gasteiger partial charge in [-0.25, -0.2) is 8.42 Å². The van der Waals surface area contributed by atoms with Crippen molar-refractivity contribution in [3.8, 4) is 0 Å². The van der Waals surface area contributed by atoms with E-state index in [0.717, 1.165) is 16.8 Å². The van der Waals surface area contributed by atoms with Gasteiger partial charge in [-0.05, 0) is 43.2 Å². The lowest BCUT2D eigenvalue weighted by Crippen LogP contribution is -2.08. The Kier molecular flexibility index (Phi) is 4.59. The standard InChI is InChI=1S/C16H18ClNO2S/c1-11-5-4-6-15(17)16(11)18-12(2)13-7-9-14(10-8-13)21(3,19)20/h4-10,12,18H,1-3H3. The summed E-state index contributed by atoms with van der Waals surface area (Å²) in [6, 6.07) is 12.7. The lowest BCUT2D eigenvalue weighted by molar-refractivity contribution is 0.602. The molecule has 0 aliphatic carbocycles. The van der Waals surface area contributed by atoms with E-state index in [-0.39, 0.29) is 6.04 Å². The maximum absolute atomic E-state index is 11.5. The lowest BCUT2D eigenvalue weighted by Gasteiger charge is -2.18. The Morgan fingerprint density at radius 1 is 1.10 bits per heavy atom. The van der Waals surface area contributed by atoms with Crippen LogP contribution in [0, 0.1) is 6.92 Å². The quantitative estimate of drug-likeness (QED) is 0.916. The van der Waals surface area contributed by atoms with Crippen LogP contribution in [0.4, 0.5) is 5.69 Å². The van der Waals surface area contributed by atoms with Crippen molar-refractivity contribution < 1.29 is 8.42 Å². The summed E-state index contributed by atoms with van der Waals surface area (Å²) in [5.74, 6) is 0. The highest BCUT2D eigenvalue weighted by Gasteiger charge is 2.11. The summed E-state index contributed by atoms with van der Waals surface area (Å²) in [5, 5.41) is 4.05. The Morgan fingerprint density at radius 2 is 1.71 bits per heavy atom. The number of aryl methyl sites for hydroxylation is 1. The zero-order valence-electron chi connectivity index (χ0n) is 12.2. The molecule has 0 saturated heterocycles. The molecule has 1 N–H and O–H groups in total. The van der Waals surface area contributed by atoms with Gasteiger partial charge in [0.1, 0.15) is 0 Å². The highest BCUT2D eigenvalue weighted by atomic mass is 35.5. The van der Waals surface area contributed by atoms with Gasteiger partial charge in [0.05, 0.1) is 15.6 Å². The van der Waals surface area contributed by atoms with Crippen LogP contribution in [0.5, 0.6) is 0 Å². The molecular weight excluding hydrogens is 306 g/mol. The fourth-order valence-corrected chi connectivity index (χ4v) is 3.03. The van der Waals surface area contributed by atoms with Gasteiger partial charge in [0.2, 0.25) is 0 Å². The van der Waals surface area contributed by atoms with Crippen molar-refractivity contribution in [2.75, 3.05) is 11.6 Å². The Bertz CT molecular complexity index is 719. The largest absolute Gasteiger partial charge is 0.377 e. The predicted octanol–water partition coefficient (Wildman–Crippen LogP) is 4.23. The molecule has 0 saturated carbocycles. The molecule has 0 aliphatic heterocycles. The van der Waals surface area contributed by atoms with Gasteiger partial charge < -0.3 is 5.32 Å². The van der Waals surface area contributed by atoms with Crippen LogP contribution in [0.25, 0.3) is 0 Å². The minimum Gasteiger partial charge on any atom is -0.377 e. The molecule has 1 unspecified atom stereocenters. The summed E-state index contributed by atoms with van der Waals surface area (Å²) in [5.41, 5.74) is 2.97. The van der Waals surface area contributed by atoms with Crippen LogP contribution in [0.1, 0.15) is 24.1 Å². The van der Waals surface area contributed by atoms with E-state index in [0.29, 0.717) is 9.92 Å². The van der Waals surface area contributed by atoms with Crippen LogP contribution in [0.3, 0.4) is 0 Å². The first-order chi connectivity index (χ1) is 9.79. The highest BCUT2D eigenvalue weighted by Crippen LogP contribution is 2.29. The van der Waals surface area contributed by atoms with Gasteiger partial charge in [-0.1, -0.05) is 35.9 Å². The van der Waals surface area contributed by atoms with E-state index in [1.165, 1.54) is 6.26 Å². The van der Waals surface area contributed by atoms with E-state index in [2.05, 4.69) is 5.32 Å². The van der Waals surface area contributed by atoms with Crippen molar-refractivity contribution in [2.45, 2.75) is 24.8 Å². The first-order valence-electron chi connectivity index (χ1n) is 6.60. The van der Waals surface area contributed by atoms with Crippen molar-refractivity contribution in [3.63, 3.8) is 0 Å². The monoisotopic (exact) mass is 323 g/mol. The Hall–Kier alpha value is -1.52. The normalized spacial score (nSPS) is 13.0. The summed E-state index contributed by atoms with van der Waals surface area (Å²) in [6.45, 7) is 4.01. The van der Waals surface area contributed by atoms with Crippen LogP contribution < -0.4 is 5.32 Å². The van der Waals surface area contributed by atoms with E-state index in [1.807, 2.05) is 44.2 Å². The van der Waals surface area contributed by atoms with Gasteiger partial charge in [0, 0.05) is 12.3 Å². The molecule has 0 radical (unpaired) electrons. The molecule has 21 heavy (non-hydrogen) atoms. The minimum absolute atomic E-state index is 0.0252. The van der Waals surface area contributed by atoms with Crippen molar-refractivity contribution in [3.05, 3.63) is 58.6 Å². The third-order valence-corrected chi connectivity index (χ3v) is 4.83. The first kappa shape index (κ1) is 15.9. The molecule has 5 heteroatoms. The fourth-order valence-electron chi connectivity index (χ4n) is 2.12. The average molecular weight is 324 g/mol. The number of nitrogens with one attached hydrogen (secondary N) is 1. The van der Waals surface area contributed by atoms with Crippen LogP contribution >= 0.6 is 11.6 Å². The number of halogens is 1. The molecule has 0 bridgehead atoms. The van der Waals surface area contributed by atoms with E-state index in [4.69, 9.17) is 11.6 Å². The Balaban J connectivity index is 2.23. The molecule has 3 nitrogen and oxygen atoms in total. The number of anilines is 1. The molecule has 0 amide bonds. The molecule has 0 spiro atoms. The first-order valence-corrected chi connectivity index (χ1v) is 8.87. The van der Waals surface area contributed by atoms with Gasteiger partial charge in [0.15, 0.2) is 9.84 Å². The third kappa shape index (κ3) is 3.77. The summed E-state index contributed by atoms with van der Waals surface area (Å²) < 4.78 is 22.9. The minimum atomic E-state index is -3.16. The average Bonchev–Trinajstić information content (AvgIpc) is 2.42. The number of rotatable bonds is 4. The number of para-hydroxylation sites is 1. The Morgan fingerprint density at radius 3 is 2.24 bits per heavy atom. The van der Waals surface area contributed by atoms with Crippen molar-refractivity contribution >= 4 is 27.1 Å². The smallest absolute Gasteiger partial charge is 0.175 e. The number of hydrogen-bond donors (Lipinski definition) is 1. The molecule has 2 rings (SSSR count). The second-order valence-corrected chi connectivity index (χ2v) is 7.56. The van der Waals surface area contributed by atoms with E-state index >= 15 is 0 Å². The predicted molar refractivity (Wildman–Crippen MR) is 87.8 cm³/mol. The molecular formula is C16H18ClNO2S. The fraction of sp³-hybridized carbons (Fsp3) is 0.250. The summed E-state index contributed by atoms with van der Waals surface area (Å²) >= 11 is 6.20. The maximum atomic E-state index is 11.5. The van der Waals surface area contributed by atoms with E-state index in [9.17, 15) is 8.42 Å². The SMILES string of the molecule is Cc1cccc(Cl)c1NC(C)c1ccc(S(C)(=O)=O)cc1. The van der Waals surface area contributed by atoms with Gasteiger partial charge >= 0.3 is 0 Å². The van der Waals surface area contributed by atoms with Crippen molar-refractivity contribution in [2.24, 2.45) is 0 Å². The number of benzene rings is 2. The van der Waals surface area contributed by atoms with Gasteiger partial charge in [-0.2, -0.15) is 0 Å². The summed E-state index contributed by atoms with van der Waals surface area (Å²) in [4.78, 5) is 0.326. The van der Waals surface area contributed by atoms with Gasteiger partial charge in [-0.15, -0.1) is 0 Å². The van der Waals surface area contributed by atoms with Crippen LogP contribution in [0.15, 0.2) is 47.4 Å².